The van der Waals surface area contributed by atoms with Crippen LogP contribution in [0.3, 0.4) is 0 Å². The lowest BCUT2D eigenvalue weighted by Gasteiger charge is -2.42. The van der Waals surface area contributed by atoms with Crippen LogP contribution in [0.4, 0.5) is 13.2 Å². The van der Waals surface area contributed by atoms with Crippen molar-refractivity contribution < 1.29 is 22.7 Å². The Balaban J connectivity index is 2.74. The summed E-state index contributed by atoms with van der Waals surface area (Å²) in [5.41, 5.74) is -1.21. The maximum atomic E-state index is 12.4. The molecule has 0 aromatic carbocycles. The second-order valence-electron chi connectivity index (χ2n) is 5.40. The van der Waals surface area contributed by atoms with Crippen molar-refractivity contribution >= 4 is 5.97 Å². The molecule has 0 spiro atoms. The summed E-state index contributed by atoms with van der Waals surface area (Å²) >= 11 is 0. The highest BCUT2D eigenvalue weighted by molar-refractivity contribution is 5.81. The zero-order valence-electron chi connectivity index (χ0n) is 12.2. The van der Waals surface area contributed by atoms with Gasteiger partial charge in [-0.05, 0) is 33.6 Å². The summed E-state index contributed by atoms with van der Waals surface area (Å²) in [5, 5.41) is 2.39. The van der Waals surface area contributed by atoms with Crippen LogP contribution < -0.4 is 5.32 Å². The number of likely N-dealkylation sites (tertiary alicyclic amines) is 1. The number of ether oxygens (including phenoxy) is 1. The Kier molecular flexibility index (Phi) is 5.82. The molecule has 0 aromatic rings. The number of halogens is 3. The van der Waals surface area contributed by atoms with Gasteiger partial charge in [0.05, 0.1) is 13.2 Å². The average molecular weight is 296 g/mol. The first-order chi connectivity index (χ1) is 9.20. The highest BCUT2D eigenvalue weighted by Gasteiger charge is 2.45. The molecule has 1 N–H and O–H groups in total. The lowest BCUT2D eigenvalue weighted by atomic mass is 9.86. The van der Waals surface area contributed by atoms with Gasteiger partial charge in [-0.25, -0.2) is 0 Å². The minimum Gasteiger partial charge on any atom is -0.465 e. The fourth-order valence-electron chi connectivity index (χ4n) is 2.41. The molecular formula is C13H23F3N2O2. The maximum absolute atomic E-state index is 12.4. The van der Waals surface area contributed by atoms with Crippen LogP contribution in [0.2, 0.25) is 0 Å². The number of nitrogens with zero attached hydrogens (tertiary/aromatic N) is 1. The van der Waals surface area contributed by atoms with Gasteiger partial charge in [0.1, 0.15) is 5.54 Å². The molecule has 0 bridgehead atoms. The monoisotopic (exact) mass is 296 g/mol. The van der Waals surface area contributed by atoms with Crippen LogP contribution in [0.15, 0.2) is 0 Å². The third kappa shape index (κ3) is 4.63. The summed E-state index contributed by atoms with van der Waals surface area (Å²) in [6, 6.07) is 0.317. The van der Waals surface area contributed by atoms with E-state index in [9.17, 15) is 18.0 Å². The van der Waals surface area contributed by atoms with Gasteiger partial charge < -0.3 is 9.64 Å². The number of hydrogen-bond donors (Lipinski definition) is 1. The largest absolute Gasteiger partial charge is 0.465 e. The smallest absolute Gasteiger partial charge is 0.401 e. The molecule has 0 amide bonds. The number of esters is 1. The zero-order chi connectivity index (χ0) is 15.4. The van der Waals surface area contributed by atoms with Crippen LogP contribution in [0.5, 0.6) is 0 Å². The maximum Gasteiger partial charge on any atom is 0.401 e. The zero-order valence-corrected chi connectivity index (χ0v) is 12.2. The highest BCUT2D eigenvalue weighted by atomic mass is 19.4. The molecule has 0 saturated carbocycles. The lowest BCUT2D eigenvalue weighted by molar-refractivity contribution is -0.158. The van der Waals surface area contributed by atoms with Gasteiger partial charge in [0.25, 0.3) is 0 Å². The van der Waals surface area contributed by atoms with E-state index in [0.29, 0.717) is 32.0 Å². The van der Waals surface area contributed by atoms with E-state index in [1.54, 1.807) is 6.92 Å². The van der Waals surface area contributed by atoms with E-state index in [0.717, 1.165) is 0 Å². The molecule has 0 unspecified atom stereocenters. The first kappa shape index (κ1) is 17.2. The van der Waals surface area contributed by atoms with E-state index in [2.05, 4.69) is 10.2 Å². The number of carbonyl (C=O) groups excluding carboxylic acids is 1. The molecule has 1 fully saturated rings. The van der Waals surface area contributed by atoms with E-state index < -0.39 is 24.2 Å². The molecule has 0 radical (unpaired) electrons. The summed E-state index contributed by atoms with van der Waals surface area (Å²) < 4.78 is 42.2. The number of rotatable bonds is 5. The fourth-order valence-corrected chi connectivity index (χ4v) is 2.41. The van der Waals surface area contributed by atoms with Crippen LogP contribution in [-0.2, 0) is 9.53 Å². The minimum atomic E-state index is -4.34. The van der Waals surface area contributed by atoms with Crippen molar-refractivity contribution in [3.8, 4) is 0 Å². The van der Waals surface area contributed by atoms with Crippen molar-refractivity contribution in [2.75, 3.05) is 26.2 Å². The summed E-state index contributed by atoms with van der Waals surface area (Å²) in [6.07, 6.45) is -3.67. The summed E-state index contributed by atoms with van der Waals surface area (Å²) in [7, 11) is 0. The molecule has 1 saturated heterocycles. The van der Waals surface area contributed by atoms with Crippen LogP contribution in [0.1, 0.15) is 33.6 Å². The number of piperidine rings is 1. The van der Waals surface area contributed by atoms with Crippen molar-refractivity contribution in [1.82, 2.24) is 10.2 Å². The molecule has 7 heteroatoms. The Bertz CT molecular complexity index is 324. The predicted octanol–water partition coefficient (Wildman–Crippen LogP) is 1.94. The minimum absolute atomic E-state index is 0.169. The molecule has 4 nitrogen and oxygen atoms in total. The third-order valence-electron chi connectivity index (χ3n) is 3.68. The number of alkyl halides is 3. The van der Waals surface area contributed by atoms with Gasteiger partial charge >= 0.3 is 12.1 Å². The Morgan fingerprint density at radius 3 is 2.30 bits per heavy atom. The molecule has 1 rings (SSSR count). The van der Waals surface area contributed by atoms with Crippen molar-refractivity contribution in [3.05, 3.63) is 0 Å². The van der Waals surface area contributed by atoms with Crippen LogP contribution in [0.25, 0.3) is 0 Å². The molecular weight excluding hydrogens is 273 g/mol. The molecule has 20 heavy (non-hydrogen) atoms. The first-order valence-corrected chi connectivity index (χ1v) is 6.93. The SMILES string of the molecule is CCOC(=O)C1(NCC(F)(F)F)CCN(C(C)C)CC1. The first-order valence-electron chi connectivity index (χ1n) is 6.93. The van der Waals surface area contributed by atoms with Crippen LogP contribution in [0, 0.1) is 0 Å². The average Bonchev–Trinajstić information content (AvgIpc) is 2.36. The lowest BCUT2D eigenvalue weighted by Crippen LogP contribution is -2.61. The second kappa shape index (κ2) is 6.76. The van der Waals surface area contributed by atoms with Crippen molar-refractivity contribution in [1.29, 1.82) is 0 Å². The van der Waals surface area contributed by atoms with E-state index in [1.165, 1.54) is 0 Å². The van der Waals surface area contributed by atoms with Gasteiger partial charge in [0.15, 0.2) is 0 Å². The quantitative estimate of drug-likeness (QED) is 0.787. The number of hydrogen-bond acceptors (Lipinski definition) is 4. The summed E-state index contributed by atoms with van der Waals surface area (Å²) in [6.45, 7) is 5.87. The molecule has 1 aliphatic rings. The van der Waals surface area contributed by atoms with E-state index in [1.807, 2.05) is 13.8 Å². The van der Waals surface area contributed by atoms with Crippen molar-refractivity contribution in [2.24, 2.45) is 0 Å². The van der Waals surface area contributed by atoms with Gasteiger partial charge in [-0.2, -0.15) is 13.2 Å². The highest BCUT2D eigenvalue weighted by Crippen LogP contribution is 2.26. The number of nitrogens with one attached hydrogen (secondary N) is 1. The Labute approximate surface area is 117 Å². The second-order valence-corrected chi connectivity index (χ2v) is 5.40. The number of carbonyl (C=O) groups is 1. The van der Waals surface area contributed by atoms with E-state index >= 15 is 0 Å². The van der Waals surface area contributed by atoms with Crippen molar-refractivity contribution in [3.63, 3.8) is 0 Å². The Morgan fingerprint density at radius 2 is 1.90 bits per heavy atom. The Morgan fingerprint density at radius 1 is 1.35 bits per heavy atom. The molecule has 0 atom stereocenters. The van der Waals surface area contributed by atoms with Crippen LogP contribution >= 0.6 is 0 Å². The van der Waals surface area contributed by atoms with Gasteiger partial charge in [0, 0.05) is 19.1 Å². The Hall–Kier alpha value is -0.820. The summed E-state index contributed by atoms with van der Waals surface area (Å²) in [4.78, 5) is 14.2. The molecule has 1 heterocycles. The van der Waals surface area contributed by atoms with Gasteiger partial charge in [-0.3, -0.25) is 10.1 Å². The molecule has 0 aliphatic carbocycles. The molecule has 118 valence electrons. The van der Waals surface area contributed by atoms with E-state index in [4.69, 9.17) is 4.74 Å². The van der Waals surface area contributed by atoms with Crippen molar-refractivity contribution in [2.45, 2.75) is 51.4 Å². The van der Waals surface area contributed by atoms with Gasteiger partial charge in [-0.1, -0.05) is 0 Å². The molecule has 0 aromatic heterocycles. The van der Waals surface area contributed by atoms with Crippen LogP contribution in [-0.4, -0.2) is 54.9 Å². The predicted molar refractivity (Wildman–Crippen MR) is 69.4 cm³/mol. The van der Waals surface area contributed by atoms with Gasteiger partial charge in [0.2, 0.25) is 0 Å². The normalized spacial score (nSPS) is 20.1. The molecule has 1 aliphatic heterocycles. The fraction of sp³-hybridized carbons (Fsp3) is 0.923. The third-order valence-corrected chi connectivity index (χ3v) is 3.68. The van der Waals surface area contributed by atoms with Gasteiger partial charge in [-0.15, -0.1) is 0 Å². The standard InChI is InChI=1S/C13H23F3N2O2/c1-4-20-11(19)12(17-9-13(14,15)16)5-7-18(8-6-12)10(2)3/h10,17H,4-9H2,1-3H3. The topological polar surface area (TPSA) is 41.6 Å². The summed E-state index contributed by atoms with van der Waals surface area (Å²) in [5.74, 6) is -0.576. The van der Waals surface area contributed by atoms with E-state index in [-0.39, 0.29) is 6.61 Å².